The molecule has 0 aliphatic heterocycles. The minimum atomic E-state index is -0.902. The predicted molar refractivity (Wildman–Crippen MR) is 150 cm³/mol. The molecule has 0 aliphatic carbocycles. The third-order valence-electron chi connectivity index (χ3n) is 6.54. The van der Waals surface area contributed by atoms with Crippen LogP contribution in [0.1, 0.15) is 38.8 Å². The molecule has 0 bridgehead atoms. The summed E-state index contributed by atoms with van der Waals surface area (Å²) in [4.78, 5) is 42.7. The van der Waals surface area contributed by atoms with Crippen LogP contribution in [0.2, 0.25) is 0 Å². The first-order valence-corrected chi connectivity index (χ1v) is 13.0. The first-order chi connectivity index (χ1) is 18.2. The number of nitrogens with one attached hydrogen (secondary N) is 3. The van der Waals surface area contributed by atoms with E-state index in [2.05, 4.69) is 15.6 Å². The van der Waals surface area contributed by atoms with Crippen LogP contribution in [0.5, 0.6) is 0 Å². The maximum absolute atomic E-state index is 13.6. The summed E-state index contributed by atoms with van der Waals surface area (Å²) in [6.45, 7) is 7.32. The van der Waals surface area contributed by atoms with Crippen LogP contribution in [0.4, 0.5) is 0 Å². The average molecular weight is 514 g/mol. The second-order valence-electron chi connectivity index (χ2n) is 10.5. The van der Waals surface area contributed by atoms with Crippen molar-refractivity contribution in [1.82, 2.24) is 15.6 Å². The van der Waals surface area contributed by atoms with E-state index in [1.165, 1.54) is 0 Å². The maximum Gasteiger partial charge on any atom is 0.328 e. The number of aromatic amines is 1. The number of benzene rings is 3. The summed E-state index contributed by atoms with van der Waals surface area (Å²) in [5, 5.41) is 8.91. The van der Waals surface area contributed by atoms with Crippen LogP contribution in [-0.2, 0) is 32.0 Å². The summed E-state index contributed by atoms with van der Waals surface area (Å²) in [5.41, 5.74) is 2.06. The molecule has 0 saturated heterocycles. The lowest BCUT2D eigenvalue weighted by Gasteiger charge is -2.26. The summed E-state index contributed by atoms with van der Waals surface area (Å²) in [6.07, 6.45) is 2.39. The SMILES string of the molecule is CCOC(=O)[C@@H](Cc1ccc2ccccc2c1)NC(=O)C(Cc1c[nH]c2ccccc12)NC(=O)C(C)(C)C. The molecule has 0 fully saturated rings. The van der Waals surface area contributed by atoms with Crippen molar-refractivity contribution in [2.75, 3.05) is 6.61 Å². The molecule has 2 atom stereocenters. The normalized spacial score (nSPS) is 13.2. The fourth-order valence-corrected chi connectivity index (χ4v) is 4.41. The highest BCUT2D eigenvalue weighted by molar-refractivity contribution is 5.93. The lowest BCUT2D eigenvalue weighted by Crippen LogP contribution is -2.54. The average Bonchev–Trinajstić information content (AvgIpc) is 3.30. The molecule has 198 valence electrons. The first kappa shape index (κ1) is 26.9. The molecular formula is C31H35N3O4. The molecule has 0 aliphatic rings. The third-order valence-corrected chi connectivity index (χ3v) is 6.54. The summed E-state index contributed by atoms with van der Waals surface area (Å²) in [6, 6.07) is 20.0. The number of fused-ring (bicyclic) bond motifs is 2. The Bertz CT molecular complexity index is 1450. The van der Waals surface area contributed by atoms with Gasteiger partial charge in [0.2, 0.25) is 11.8 Å². The van der Waals surface area contributed by atoms with Crippen molar-refractivity contribution < 1.29 is 19.1 Å². The molecule has 2 amide bonds. The van der Waals surface area contributed by atoms with Crippen molar-refractivity contribution in [2.45, 2.75) is 52.6 Å². The third kappa shape index (κ3) is 6.40. The van der Waals surface area contributed by atoms with Gasteiger partial charge in [-0.3, -0.25) is 9.59 Å². The van der Waals surface area contributed by atoms with Gasteiger partial charge in [0.15, 0.2) is 0 Å². The molecule has 1 unspecified atom stereocenters. The van der Waals surface area contributed by atoms with Gasteiger partial charge in [0, 0.05) is 35.4 Å². The molecular weight excluding hydrogens is 478 g/mol. The number of carbonyl (C=O) groups excluding carboxylic acids is 3. The van der Waals surface area contributed by atoms with Gasteiger partial charge < -0.3 is 20.4 Å². The number of carbonyl (C=O) groups is 3. The Labute approximate surface area is 223 Å². The number of aromatic nitrogens is 1. The molecule has 3 N–H and O–H groups in total. The van der Waals surface area contributed by atoms with E-state index in [4.69, 9.17) is 4.74 Å². The first-order valence-electron chi connectivity index (χ1n) is 13.0. The fraction of sp³-hybridized carbons (Fsp3) is 0.323. The zero-order chi connectivity index (χ0) is 27.3. The maximum atomic E-state index is 13.6. The summed E-state index contributed by atoms with van der Waals surface area (Å²) >= 11 is 0. The smallest absolute Gasteiger partial charge is 0.328 e. The van der Waals surface area contributed by atoms with Crippen LogP contribution in [0, 0.1) is 5.41 Å². The molecule has 0 radical (unpaired) electrons. The molecule has 1 aromatic heterocycles. The van der Waals surface area contributed by atoms with E-state index in [9.17, 15) is 14.4 Å². The van der Waals surface area contributed by atoms with Crippen LogP contribution in [0.25, 0.3) is 21.7 Å². The zero-order valence-corrected chi connectivity index (χ0v) is 22.3. The second kappa shape index (κ2) is 11.5. The molecule has 1 heterocycles. The van der Waals surface area contributed by atoms with E-state index in [0.29, 0.717) is 0 Å². The van der Waals surface area contributed by atoms with Crippen LogP contribution in [0.15, 0.2) is 72.9 Å². The highest BCUT2D eigenvalue weighted by atomic mass is 16.5. The lowest BCUT2D eigenvalue weighted by atomic mass is 9.94. The van der Waals surface area contributed by atoms with E-state index in [0.717, 1.165) is 32.8 Å². The summed E-state index contributed by atoms with van der Waals surface area (Å²) < 4.78 is 5.30. The fourth-order valence-electron chi connectivity index (χ4n) is 4.41. The standard InChI is InChI=1S/C31H35N3O4/c1-5-38-29(36)27(17-20-14-15-21-10-6-7-11-22(21)16-20)33-28(35)26(34-30(37)31(2,3)4)18-23-19-32-25-13-9-8-12-24(23)25/h6-16,19,26-27,32H,5,17-18H2,1-4H3,(H,33,35)(H,34,37)/t26?,27-/m1/s1. The molecule has 4 aromatic rings. The highest BCUT2D eigenvalue weighted by Gasteiger charge is 2.31. The Morgan fingerprint density at radius 2 is 1.58 bits per heavy atom. The van der Waals surface area contributed by atoms with Crippen LogP contribution in [0.3, 0.4) is 0 Å². The van der Waals surface area contributed by atoms with Crippen molar-refractivity contribution in [3.63, 3.8) is 0 Å². The molecule has 3 aromatic carbocycles. The van der Waals surface area contributed by atoms with E-state index in [1.54, 1.807) is 27.7 Å². The highest BCUT2D eigenvalue weighted by Crippen LogP contribution is 2.21. The van der Waals surface area contributed by atoms with E-state index in [-0.39, 0.29) is 25.4 Å². The van der Waals surface area contributed by atoms with Gasteiger partial charge in [0.1, 0.15) is 12.1 Å². The predicted octanol–water partition coefficient (Wildman–Crippen LogP) is 4.69. The van der Waals surface area contributed by atoms with Crippen LogP contribution >= 0.6 is 0 Å². The quantitative estimate of drug-likeness (QED) is 0.283. The Kier molecular flexibility index (Phi) is 8.15. The van der Waals surface area contributed by atoms with Gasteiger partial charge in [-0.05, 0) is 34.9 Å². The zero-order valence-electron chi connectivity index (χ0n) is 22.3. The van der Waals surface area contributed by atoms with Crippen molar-refractivity contribution >= 4 is 39.5 Å². The topological polar surface area (TPSA) is 100 Å². The van der Waals surface area contributed by atoms with Gasteiger partial charge in [-0.15, -0.1) is 0 Å². The van der Waals surface area contributed by atoms with Crippen LogP contribution in [-0.4, -0.2) is 41.5 Å². The number of ether oxygens (including phenoxy) is 1. The minimum Gasteiger partial charge on any atom is -0.464 e. The minimum absolute atomic E-state index is 0.197. The Morgan fingerprint density at radius 1 is 0.868 bits per heavy atom. The number of amides is 2. The van der Waals surface area contributed by atoms with E-state index >= 15 is 0 Å². The van der Waals surface area contributed by atoms with E-state index in [1.807, 2.05) is 72.9 Å². The number of hydrogen-bond acceptors (Lipinski definition) is 4. The van der Waals surface area contributed by atoms with Gasteiger partial charge in [-0.1, -0.05) is 81.4 Å². The van der Waals surface area contributed by atoms with Crippen molar-refractivity contribution in [3.05, 3.63) is 84.1 Å². The van der Waals surface area contributed by atoms with Crippen molar-refractivity contribution in [2.24, 2.45) is 5.41 Å². The molecule has 38 heavy (non-hydrogen) atoms. The largest absolute Gasteiger partial charge is 0.464 e. The second-order valence-corrected chi connectivity index (χ2v) is 10.5. The molecule has 0 spiro atoms. The van der Waals surface area contributed by atoms with Gasteiger partial charge in [-0.25, -0.2) is 4.79 Å². The molecule has 7 heteroatoms. The van der Waals surface area contributed by atoms with Crippen molar-refractivity contribution in [3.8, 4) is 0 Å². The number of para-hydroxylation sites is 1. The van der Waals surface area contributed by atoms with Crippen molar-refractivity contribution in [1.29, 1.82) is 0 Å². The number of hydrogen-bond donors (Lipinski definition) is 3. The molecule has 0 saturated carbocycles. The Morgan fingerprint density at radius 3 is 2.32 bits per heavy atom. The number of rotatable bonds is 9. The summed E-state index contributed by atoms with van der Waals surface area (Å²) in [5.74, 6) is -1.20. The number of H-pyrrole nitrogens is 1. The van der Waals surface area contributed by atoms with Gasteiger partial charge in [-0.2, -0.15) is 0 Å². The number of esters is 1. The van der Waals surface area contributed by atoms with Crippen LogP contribution < -0.4 is 10.6 Å². The molecule has 4 rings (SSSR count). The van der Waals surface area contributed by atoms with Gasteiger partial charge in [0.05, 0.1) is 6.61 Å². The Hall–Kier alpha value is -4.13. The van der Waals surface area contributed by atoms with Gasteiger partial charge >= 0.3 is 5.97 Å². The monoisotopic (exact) mass is 513 g/mol. The van der Waals surface area contributed by atoms with E-state index < -0.39 is 29.4 Å². The summed E-state index contributed by atoms with van der Waals surface area (Å²) in [7, 11) is 0. The lowest BCUT2D eigenvalue weighted by molar-refractivity contribution is -0.147. The van der Waals surface area contributed by atoms with Gasteiger partial charge in [0.25, 0.3) is 0 Å². The Balaban J connectivity index is 1.59. The molecule has 7 nitrogen and oxygen atoms in total.